The van der Waals surface area contributed by atoms with E-state index in [0.29, 0.717) is 17.9 Å². The van der Waals surface area contributed by atoms with Gasteiger partial charge in [-0.05, 0) is 42.2 Å². The van der Waals surface area contributed by atoms with Crippen molar-refractivity contribution in [1.82, 2.24) is 9.21 Å². The van der Waals surface area contributed by atoms with E-state index in [1.165, 1.54) is 4.90 Å². The molecule has 2 aromatic rings. The third-order valence-electron chi connectivity index (χ3n) is 5.35. The smallest absolute Gasteiger partial charge is 0.260 e. The van der Waals surface area contributed by atoms with Gasteiger partial charge in [0, 0.05) is 26.2 Å². The van der Waals surface area contributed by atoms with Crippen LogP contribution in [-0.4, -0.2) is 56.3 Å². The summed E-state index contributed by atoms with van der Waals surface area (Å²) in [6, 6.07) is 7.06. The van der Waals surface area contributed by atoms with E-state index in [9.17, 15) is 26.4 Å². The van der Waals surface area contributed by atoms with E-state index in [4.69, 9.17) is 4.74 Å². The monoisotopic (exact) mass is 470 g/mol. The lowest BCUT2D eigenvalue weighted by molar-refractivity contribution is -0.134. The van der Waals surface area contributed by atoms with Gasteiger partial charge in [-0.1, -0.05) is 26.0 Å². The summed E-state index contributed by atoms with van der Waals surface area (Å²) >= 11 is 0. The van der Waals surface area contributed by atoms with Crippen molar-refractivity contribution in [2.75, 3.05) is 32.8 Å². The fraction of sp³-hybridized carbons (Fsp3) is 0.409. The quantitative estimate of drug-likeness (QED) is 0.607. The first kappa shape index (κ1) is 24.1. The van der Waals surface area contributed by atoms with Gasteiger partial charge in [0.25, 0.3) is 5.91 Å². The van der Waals surface area contributed by atoms with Crippen molar-refractivity contribution >= 4 is 15.9 Å². The lowest BCUT2D eigenvalue weighted by atomic mass is 10.0. The highest BCUT2D eigenvalue weighted by atomic mass is 32.2. The number of nitrogens with zero attached hydrogens (tertiary/aromatic N) is 2. The van der Waals surface area contributed by atoms with E-state index in [1.54, 1.807) is 0 Å². The molecule has 1 amide bonds. The summed E-state index contributed by atoms with van der Waals surface area (Å²) in [6.45, 7) is 5.70. The number of sulfonamides is 1. The molecule has 1 aliphatic rings. The van der Waals surface area contributed by atoms with Crippen LogP contribution in [0.15, 0.2) is 35.2 Å². The Kier molecular flexibility index (Phi) is 7.14. The largest absolute Gasteiger partial charge is 0.483 e. The predicted molar refractivity (Wildman–Crippen MR) is 112 cm³/mol. The maximum Gasteiger partial charge on any atom is 0.260 e. The van der Waals surface area contributed by atoms with Gasteiger partial charge >= 0.3 is 0 Å². The van der Waals surface area contributed by atoms with E-state index >= 15 is 0 Å². The molecule has 6 nitrogen and oxygen atoms in total. The summed E-state index contributed by atoms with van der Waals surface area (Å²) in [7, 11) is -4.37. The molecule has 2 aromatic carbocycles. The molecule has 10 heteroatoms. The van der Waals surface area contributed by atoms with Gasteiger partial charge in [-0.15, -0.1) is 0 Å². The number of carbonyl (C=O) groups is 1. The lowest BCUT2D eigenvalue weighted by Crippen LogP contribution is -2.51. The average molecular weight is 471 g/mol. The van der Waals surface area contributed by atoms with Gasteiger partial charge in [-0.25, -0.2) is 21.6 Å². The van der Waals surface area contributed by atoms with Crippen molar-refractivity contribution in [2.24, 2.45) is 0 Å². The SMILES string of the molecule is Cc1ccc(C(C)C)c(OCC(=O)N2CCN(S(=O)(=O)c3ccc(F)c(F)c3F)CC2)c1. The number of hydrogen-bond donors (Lipinski definition) is 0. The Balaban J connectivity index is 1.63. The number of halogens is 3. The molecule has 0 radical (unpaired) electrons. The second kappa shape index (κ2) is 9.50. The number of carbonyl (C=O) groups excluding carboxylic acids is 1. The number of hydrogen-bond acceptors (Lipinski definition) is 4. The average Bonchev–Trinajstić information content (AvgIpc) is 2.75. The maximum absolute atomic E-state index is 14.0. The van der Waals surface area contributed by atoms with E-state index in [1.807, 2.05) is 39.0 Å². The van der Waals surface area contributed by atoms with Crippen molar-refractivity contribution in [3.8, 4) is 5.75 Å². The van der Waals surface area contributed by atoms with Gasteiger partial charge in [0.2, 0.25) is 10.0 Å². The highest BCUT2D eigenvalue weighted by Gasteiger charge is 2.33. The summed E-state index contributed by atoms with van der Waals surface area (Å²) < 4.78 is 72.6. The van der Waals surface area contributed by atoms with Crippen LogP contribution in [-0.2, 0) is 14.8 Å². The summed E-state index contributed by atoms with van der Waals surface area (Å²) in [6.07, 6.45) is 0. The van der Waals surface area contributed by atoms with Crippen LogP contribution in [0, 0.1) is 24.4 Å². The van der Waals surface area contributed by atoms with Crippen molar-refractivity contribution in [3.05, 3.63) is 58.9 Å². The minimum atomic E-state index is -4.37. The third kappa shape index (κ3) is 4.91. The van der Waals surface area contributed by atoms with Crippen LogP contribution in [0.1, 0.15) is 30.9 Å². The number of amides is 1. The highest BCUT2D eigenvalue weighted by molar-refractivity contribution is 7.89. The Morgan fingerprint density at radius 3 is 2.31 bits per heavy atom. The molecule has 32 heavy (non-hydrogen) atoms. The zero-order valence-corrected chi connectivity index (χ0v) is 18.9. The molecule has 0 unspecified atom stereocenters. The van der Waals surface area contributed by atoms with E-state index < -0.39 is 32.4 Å². The van der Waals surface area contributed by atoms with Crippen LogP contribution in [0.3, 0.4) is 0 Å². The molecular weight excluding hydrogens is 445 g/mol. The van der Waals surface area contributed by atoms with Gasteiger partial charge in [-0.2, -0.15) is 4.31 Å². The second-order valence-corrected chi connectivity index (χ2v) is 9.85. The molecule has 0 spiro atoms. The number of ether oxygens (including phenoxy) is 1. The first-order valence-corrected chi connectivity index (χ1v) is 11.6. The molecular formula is C22H25F3N2O4S. The second-order valence-electron chi connectivity index (χ2n) is 7.94. The molecule has 0 aromatic heterocycles. The zero-order chi connectivity index (χ0) is 23.6. The number of piperazine rings is 1. The Morgan fingerprint density at radius 1 is 1.03 bits per heavy atom. The topological polar surface area (TPSA) is 66.9 Å². The van der Waals surface area contributed by atoms with Gasteiger partial charge in [-0.3, -0.25) is 4.79 Å². The van der Waals surface area contributed by atoms with Gasteiger partial charge in [0.1, 0.15) is 10.6 Å². The molecule has 0 bridgehead atoms. The molecule has 0 N–H and O–H groups in total. The van der Waals surface area contributed by atoms with Crippen LogP contribution < -0.4 is 4.74 Å². The number of benzene rings is 2. The molecule has 174 valence electrons. The Morgan fingerprint density at radius 2 is 1.69 bits per heavy atom. The highest BCUT2D eigenvalue weighted by Crippen LogP contribution is 2.28. The van der Waals surface area contributed by atoms with Gasteiger partial charge < -0.3 is 9.64 Å². The first-order valence-electron chi connectivity index (χ1n) is 10.2. The fourth-order valence-electron chi connectivity index (χ4n) is 3.50. The molecule has 3 rings (SSSR count). The van der Waals surface area contributed by atoms with Crippen molar-refractivity contribution in [1.29, 1.82) is 0 Å². The van der Waals surface area contributed by atoms with Gasteiger partial charge in [0.15, 0.2) is 24.1 Å². The Hall–Kier alpha value is -2.59. The summed E-state index contributed by atoms with van der Waals surface area (Å²) in [5.74, 6) is -4.53. The predicted octanol–water partition coefficient (Wildman–Crippen LogP) is 3.45. The van der Waals surface area contributed by atoms with Gasteiger partial charge in [0.05, 0.1) is 0 Å². The van der Waals surface area contributed by atoms with E-state index in [2.05, 4.69) is 0 Å². The van der Waals surface area contributed by atoms with E-state index in [-0.39, 0.29) is 44.6 Å². The van der Waals surface area contributed by atoms with Crippen LogP contribution in [0.25, 0.3) is 0 Å². The standard InChI is InChI=1S/C22H25F3N2O4S/c1-14(2)16-5-4-15(3)12-18(16)31-13-20(28)26-8-10-27(11-9-26)32(29,30)19-7-6-17(23)21(24)22(19)25/h4-7,12,14H,8-11,13H2,1-3H3. The lowest BCUT2D eigenvalue weighted by Gasteiger charge is -2.34. The molecule has 1 aliphatic heterocycles. The molecule has 0 saturated carbocycles. The van der Waals surface area contributed by atoms with Crippen molar-refractivity contribution in [2.45, 2.75) is 31.6 Å². The maximum atomic E-state index is 14.0. The van der Waals surface area contributed by atoms with Crippen LogP contribution >= 0.6 is 0 Å². The number of aryl methyl sites for hydroxylation is 1. The zero-order valence-electron chi connectivity index (χ0n) is 18.1. The number of rotatable bonds is 6. The fourth-order valence-corrected chi connectivity index (χ4v) is 4.98. The third-order valence-corrected chi connectivity index (χ3v) is 7.27. The minimum absolute atomic E-state index is 0.0670. The van der Waals surface area contributed by atoms with Crippen LogP contribution in [0.4, 0.5) is 13.2 Å². The Bertz CT molecular complexity index is 1110. The summed E-state index contributed by atoms with van der Waals surface area (Å²) in [5, 5.41) is 0. The normalized spacial score (nSPS) is 15.3. The molecule has 0 atom stereocenters. The molecule has 0 aliphatic carbocycles. The molecule has 1 fully saturated rings. The van der Waals surface area contributed by atoms with Crippen molar-refractivity contribution < 1.29 is 31.1 Å². The molecule has 1 heterocycles. The summed E-state index contributed by atoms with van der Waals surface area (Å²) in [5.41, 5.74) is 1.98. The van der Waals surface area contributed by atoms with Crippen molar-refractivity contribution in [3.63, 3.8) is 0 Å². The molecule has 1 saturated heterocycles. The van der Waals surface area contributed by atoms with E-state index in [0.717, 1.165) is 15.4 Å². The van der Waals surface area contributed by atoms with Crippen LogP contribution in [0.5, 0.6) is 5.75 Å². The minimum Gasteiger partial charge on any atom is -0.483 e. The summed E-state index contributed by atoms with van der Waals surface area (Å²) in [4.78, 5) is 13.1. The first-order chi connectivity index (χ1) is 15.0. The van der Waals surface area contributed by atoms with Crippen LogP contribution in [0.2, 0.25) is 0 Å². The Labute approximate surface area is 185 Å².